The largest absolute Gasteiger partial charge is 0.270 e. The van der Waals surface area contributed by atoms with Crippen LogP contribution in [0.2, 0.25) is 0 Å². The maximum Gasteiger partial charge on any atom is 0.264 e. The standard InChI is InChI=1S/C18H38O3S/c1-3-4-5-6-7-8-9-10-11-12-13-14-15-16-17-18-21-22(2,19)20/h3-18H2,1-2H3. The lowest BCUT2D eigenvalue weighted by atomic mass is 10.0. The highest BCUT2D eigenvalue weighted by molar-refractivity contribution is 7.85. The first-order valence-electron chi connectivity index (χ1n) is 9.40. The van der Waals surface area contributed by atoms with Gasteiger partial charge in [0, 0.05) is 0 Å². The van der Waals surface area contributed by atoms with E-state index in [1.807, 2.05) is 0 Å². The molecule has 0 spiro atoms. The molecular weight excluding hydrogens is 296 g/mol. The molecule has 0 saturated carbocycles. The van der Waals surface area contributed by atoms with Crippen LogP contribution in [0.1, 0.15) is 103 Å². The molecule has 0 saturated heterocycles. The normalized spacial score (nSPS) is 11.9. The summed E-state index contributed by atoms with van der Waals surface area (Å²) >= 11 is 0. The van der Waals surface area contributed by atoms with Crippen LogP contribution in [-0.4, -0.2) is 21.3 Å². The molecule has 0 bridgehead atoms. The lowest BCUT2D eigenvalue weighted by molar-refractivity contribution is 0.309. The van der Waals surface area contributed by atoms with Gasteiger partial charge >= 0.3 is 0 Å². The van der Waals surface area contributed by atoms with E-state index in [0.717, 1.165) is 19.1 Å². The second-order valence-electron chi connectivity index (χ2n) is 6.48. The van der Waals surface area contributed by atoms with Crippen molar-refractivity contribution in [1.82, 2.24) is 0 Å². The number of rotatable bonds is 17. The third-order valence-electron chi connectivity index (χ3n) is 4.05. The highest BCUT2D eigenvalue weighted by Crippen LogP contribution is 2.13. The SMILES string of the molecule is CCCCCCCCCCCCCCCCCOS(C)(=O)=O. The van der Waals surface area contributed by atoms with Gasteiger partial charge in [-0.15, -0.1) is 0 Å². The van der Waals surface area contributed by atoms with Crippen molar-refractivity contribution in [2.75, 3.05) is 12.9 Å². The van der Waals surface area contributed by atoms with E-state index in [-0.39, 0.29) is 0 Å². The highest BCUT2D eigenvalue weighted by atomic mass is 32.2. The predicted octanol–water partition coefficient (Wildman–Crippen LogP) is 5.83. The topological polar surface area (TPSA) is 43.4 Å². The molecule has 0 unspecified atom stereocenters. The first-order valence-corrected chi connectivity index (χ1v) is 11.2. The second-order valence-corrected chi connectivity index (χ2v) is 8.12. The maximum absolute atomic E-state index is 10.8. The summed E-state index contributed by atoms with van der Waals surface area (Å²) in [6.07, 6.45) is 20.8. The molecule has 0 N–H and O–H groups in total. The minimum absolute atomic E-state index is 0.344. The molecule has 0 aromatic heterocycles. The van der Waals surface area contributed by atoms with E-state index < -0.39 is 10.1 Å². The van der Waals surface area contributed by atoms with Gasteiger partial charge in [-0.1, -0.05) is 96.8 Å². The fourth-order valence-corrected chi connectivity index (χ4v) is 3.10. The molecule has 0 atom stereocenters. The zero-order valence-corrected chi connectivity index (χ0v) is 15.8. The Bertz CT molecular complexity index is 312. The van der Waals surface area contributed by atoms with Crippen molar-refractivity contribution < 1.29 is 12.6 Å². The van der Waals surface area contributed by atoms with Crippen LogP contribution in [0.3, 0.4) is 0 Å². The zero-order chi connectivity index (χ0) is 16.5. The van der Waals surface area contributed by atoms with Crippen molar-refractivity contribution in [1.29, 1.82) is 0 Å². The molecule has 3 nitrogen and oxygen atoms in total. The summed E-state index contributed by atoms with van der Waals surface area (Å²) in [4.78, 5) is 0. The van der Waals surface area contributed by atoms with Crippen molar-refractivity contribution >= 4 is 10.1 Å². The zero-order valence-electron chi connectivity index (χ0n) is 14.9. The third kappa shape index (κ3) is 19.9. The van der Waals surface area contributed by atoms with Crippen LogP contribution in [-0.2, 0) is 14.3 Å². The number of hydrogen-bond donors (Lipinski definition) is 0. The predicted molar refractivity (Wildman–Crippen MR) is 95.7 cm³/mol. The first kappa shape index (κ1) is 21.9. The van der Waals surface area contributed by atoms with Crippen molar-refractivity contribution in [3.63, 3.8) is 0 Å². The van der Waals surface area contributed by atoms with Crippen molar-refractivity contribution in [3.8, 4) is 0 Å². The molecule has 4 heteroatoms. The van der Waals surface area contributed by atoms with Crippen LogP contribution in [0.4, 0.5) is 0 Å². The van der Waals surface area contributed by atoms with Crippen LogP contribution >= 0.6 is 0 Å². The fraction of sp³-hybridized carbons (Fsp3) is 1.00. The van der Waals surface area contributed by atoms with Crippen LogP contribution in [0.25, 0.3) is 0 Å². The summed E-state index contributed by atoms with van der Waals surface area (Å²) < 4.78 is 26.2. The van der Waals surface area contributed by atoms with Gasteiger partial charge in [0.2, 0.25) is 0 Å². The molecule has 0 aliphatic rings. The van der Waals surface area contributed by atoms with Crippen LogP contribution in [0, 0.1) is 0 Å². The van der Waals surface area contributed by atoms with Crippen molar-refractivity contribution in [2.24, 2.45) is 0 Å². The Balaban J connectivity index is 3.03. The Morgan fingerprint density at radius 3 is 1.23 bits per heavy atom. The average molecular weight is 335 g/mol. The Kier molecular flexibility index (Phi) is 15.7. The smallest absolute Gasteiger partial charge is 0.264 e. The van der Waals surface area contributed by atoms with Gasteiger partial charge in [-0.25, -0.2) is 0 Å². The van der Waals surface area contributed by atoms with E-state index >= 15 is 0 Å². The lowest BCUT2D eigenvalue weighted by Crippen LogP contribution is -2.03. The van der Waals surface area contributed by atoms with Gasteiger partial charge in [-0.05, 0) is 6.42 Å². The summed E-state index contributed by atoms with van der Waals surface area (Å²) in [5.74, 6) is 0. The Morgan fingerprint density at radius 2 is 0.909 bits per heavy atom. The number of unbranched alkanes of at least 4 members (excludes halogenated alkanes) is 14. The summed E-state index contributed by atoms with van der Waals surface area (Å²) in [5, 5.41) is 0. The molecule has 0 amide bonds. The second kappa shape index (κ2) is 15.8. The minimum Gasteiger partial charge on any atom is -0.270 e. The molecule has 0 aliphatic carbocycles. The van der Waals surface area contributed by atoms with E-state index in [9.17, 15) is 8.42 Å². The molecular formula is C18H38O3S. The van der Waals surface area contributed by atoms with Gasteiger partial charge in [0.15, 0.2) is 0 Å². The van der Waals surface area contributed by atoms with Gasteiger partial charge in [0.05, 0.1) is 12.9 Å². The number of hydrogen-bond acceptors (Lipinski definition) is 3. The molecule has 0 aromatic carbocycles. The molecule has 0 fully saturated rings. The third-order valence-corrected chi connectivity index (χ3v) is 4.64. The van der Waals surface area contributed by atoms with Gasteiger partial charge in [-0.2, -0.15) is 8.42 Å². The van der Waals surface area contributed by atoms with E-state index in [4.69, 9.17) is 4.18 Å². The van der Waals surface area contributed by atoms with Gasteiger partial charge in [0.25, 0.3) is 10.1 Å². The summed E-state index contributed by atoms with van der Waals surface area (Å²) in [6, 6.07) is 0. The van der Waals surface area contributed by atoms with Crippen LogP contribution in [0.15, 0.2) is 0 Å². The summed E-state index contributed by atoms with van der Waals surface area (Å²) in [7, 11) is -3.24. The van der Waals surface area contributed by atoms with E-state index in [1.165, 1.54) is 83.5 Å². The quantitative estimate of drug-likeness (QED) is 0.248. The summed E-state index contributed by atoms with van der Waals surface area (Å²) in [5.41, 5.74) is 0. The Labute approximate surface area is 139 Å². The van der Waals surface area contributed by atoms with E-state index in [2.05, 4.69) is 6.92 Å². The first-order chi connectivity index (χ1) is 10.6. The lowest BCUT2D eigenvalue weighted by Gasteiger charge is -2.03. The van der Waals surface area contributed by atoms with Crippen molar-refractivity contribution in [3.05, 3.63) is 0 Å². The van der Waals surface area contributed by atoms with Crippen LogP contribution < -0.4 is 0 Å². The fourth-order valence-electron chi connectivity index (χ4n) is 2.68. The molecule has 0 aromatic rings. The molecule has 0 rings (SSSR count). The Morgan fingerprint density at radius 1 is 0.591 bits per heavy atom. The van der Waals surface area contributed by atoms with E-state index in [1.54, 1.807) is 0 Å². The molecule has 0 heterocycles. The monoisotopic (exact) mass is 334 g/mol. The maximum atomic E-state index is 10.8. The highest BCUT2D eigenvalue weighted by Gasteiger charge is 2.00. The van der Waals surface area contributed by atoms with Gasteiger partial charge in [-0.3, -0.25) is 4.18 Å². The molecule has 0 aliphatic heterocycles. The molecule has 134 valence electrons. The van der Waals surface area contributed by atoms with Crippen molar-refractivity contribution in [2.45, 2.75) is 103 Å². The summed E-state index contributed by atoms with van der Waals surface area (Å²) in [6.45, 7) is 2.61. The molecule has 0 radical (unpaired) electrons. The minimum atomic E-state index is -3.24. The van der Waals surface area contributed by atoms with E-state index in [0.29, 0.717) is 6.61 Å². The van der Waals surface area contributed by atoms with Gasteiger partial charge < -0.3 is 0 Å². The van der Waals surface area contributed by atoms with Crippen LogP contribution in [0.5, 0.6) is 0 Å². The molecule has 22 heavy (non-hydrogen) atoms. The van der Waals surface area contributed by atoms with Gasteiger partial charge in [0.1, 0.15) is 0 Å². The Hall–Kier alpha value is -0.0900. The average Bonchev–Trinajstić information content (AvgIpc) is 2.45.